The Morgan fingerprint density at radius 3 is 1.79 bits per heavy atom. The first-order valence-electron chi connectivity index (χ1n) is 6.22. The van der Waals surface area contributed by atoms with Crippen LogP contribution < -0.4 is 4.74 Å². The molecule has 0 N–H and O–H groups in total. The highest BCUT2D eigenvalue weighted by Crippen LogP contribution is 2.37. The average molecular weight is 290 g/mol. The molecule has 19 heavy (non-hydrogen) atoms. The quantitative estimate of drug-likeness (QED) is 0.672. The highest BCUT2D eigenvalue weighted by molar-refractivity contribution is 8.76. The fraction of sp³-hybridized carbons (Fsp3) is 0.250. The second kappa shape index (κ2) is 6.40. The van der Waals surface area contributed by atoms with E-state index in [1.54, 1.807) is 21.6 Å². The molecule has 0 aromatic heterocycles. The molecule has 0 spiro atoms. The van der Waals surface area contributed by atoms with Crippen LogP contribution in [0.5, 0.6) is 5.75 Å². The van der Waals surface area contributed by atoms with Crippen LogP contribution in [-0.4, -0.2) is 5.60 Å². The van der Waals surface area contributed by atoms with E-state index in [0.717, 1.165) is 5.75 Å². The molecule has 0 fully saturated rings. The Bertz CT molecular complexity index is 501. The summed E-state index contributed by atoms with van der Waals surface area (Å²) in [7, 11) is 3.53. The summed E-state index contributed by atoms with van der Waals surface area (Å²) in [5, 5.41) is 0. The predicted octanol–water partition coefficient (Wildman–Crippen LogP) is 5.66. The van der Waals surface area contributed by atoms with E-state index in [-0.39, 0.29) is 5.60 Å². The Morgan fingerprint density at radius 1 is 0.737 bits per heavy atom. The zero-order valence-electron chi connectivity index (χ0n) is 11.4. The Hall–Kier alpha value is -1.06. The molecule has 3 heteroatoms. The first-order valence-corrected chi connectivity index (χ1v) is 8.37. The lowest BCUT2D eigenvalue weighted by molar-refractivity contribution is 0.131. The Balaban J connectivity index is 1.92. The molecule has 0 saturated carbocycles. The third kappa shape index (κ3) is 5.21. The van der Waals surface area contributed by atoms with E-state index in [2.05, 4.69) is 57.2 Å². The predicted molar refractivity (Wildman–Crippen MR) is 85.0 cm³/mol. The highest BCUT2D eigenvalue weighted by Gasteiger charge is 2.11. The third-order valence-electron chi connectivity index (χ3n) is 2.23. The van der Waals surface area contributed by atoms with Gasteiger partial charge in [-0.25, -0.2) is 0 Å². The van der Waals surface area contributed by atoms with Crippen LogP contribution in [0.3, 0.4) is 0 Å². The standard InChI is InChI=1S/C16H18OS2/c1-16(2,3)17-13-9-11-15(12-10-13)19-18-14-7-5-4-6-8-14/h4-12H,1-3H3. The summed E-state index contributed by atoms with van der Waals surface area (Å²) in [5.41, 5.74) is -0.145. The second-order valence-electron chi connectivity index (χ2n) is 5.17. The molecule has 0 aliphatic rings. The zero-order chi connectivity index (χ0) is 13.7. The highest BCUT2D eigenvalue weighted by atomic mass is 33.1. The van der Waals surface area contributed by atoms with Gasteiger partial charge in [-0.2, -0.15) is 0 Å². The maximum Gasteiger partial charge on any atom is 0.120 e. The molecule has 1 nitrogen and oxygen atoms in total. The van der Waals surface area contributed by atoms with E-state index in [9.17, 15) is 0 Å². The number of benzene rings is 2. The minimum atomic E-state index is -0.145. The van der Waals surface area contributed by atoms with Crippen molar-refractivity contribution in [1.82, 2.24) is 0 Å². The lowest BCUT2D eigenvalue weighted by Gasteiger charge is -2.21. The lowest BCUT2D eigenvalue weighted by Crippen LogP contribution is -2.22. The van der Waals surface area contributed by atoms with Crippen molar-refractivity contribution in [3.63, 3.8) is 0 Å². The molecule has 2 aromatic carbocycles. The smallest absolute Gasteiger partial charge is 0.120 e. The van der Waals surface area contributed by atoms with E-state index >= 15 is 0 Å². The molecule has 100 valence electrons. The van der Waals surface area contributed by atoms with Crippen molar-refractivity contribution in [1.29, 1.82) is 0 Å². The summed E-state index contributed by atoms with van der Waals surface area (Å²) in [4.78, 5) is 2.50. The maximum absolute atomic E-state index is 5.80. The van der Waals surface area contributed by atoms with Crippen LogP contribution in [0.25, 0.3) is 0 Å². The monoisotopic (exact) mass is 290 g/mol. The van der Waals surface area contributed by atoms with Gasteiger partial charge in [0, 0.05) is 9.79 Å². The van der Waals surface area contributed by atoms with E-state index in [4.69, 9.17) is 4.74 Å². The van der Waals surface area contributed by atoms with Crippen LogP contribution in [0, 0.1) is 0 Å². The van der Waals surface area contributed by atoms with Gasteiger partial charge in [-0.05, 0) is 57.2 Å². The average Bonchev–Trinajstić information content (AvgIpc) is 2.37. The number of hydrogen-bond donors (Lipinski definition) is 0. The fourth-order valence-electron chi connectivity index (χ4n) is 1.49. The van der Waals surface area contributed by atoms with Crippen molar-refractivity contribution in [2.75, 3.05) is 0 Å². The van der Waals surface area contributed by atoms with Gasteiger partial charge in [0.25, 0.3) is 0 Å². The summed E-state index contributed by atoms with van der Waals surface area (Å²) < 4.78 is 5.80. The Morgan fingerprint density at radius 2 is 1.26 bits per heavy atom. The summed E-state index contributed by atoms with van der Waals surface area (Å²) in [6, 6.07) is 18.6. The number of hydrogen-bond acceptors (Lipinski definition) is 3. The number of rotatable bonds is 4. The summed E-state index contributed by atoms with van der Waals surface area (Å²) in [5.74, 6) is 0.918. The molecule has 0 bridgehead atoms. The summed E-state index contributed by atoms with van der Waals surface area (Å²) in [6.45, 7) is 6.17. The summed E-state index contributed by atoms with van der Waals surface area (Å²) in [6.07, 6.45) is 0. The molecular formula is C16H18OS2. The molecule has 2 rings (SSSR count). The molecule has 0 heterocycles. The zero-order valence-corrected chi connectivity index (χ0v) is 13.1. The van der Waals surface area contributed by atoms with Crippen molar-refractivity contribution < 1.29 is 4.74 Å². The normalized spacial score (nSPS) is 11.3. The van der Waals surface area contributed by atoms with E-state index in [1.807, 2.05) is 18.2 Å². The molecule has 0 aliphatic heterocycles. The molecule has 0 saturated heterocycles. The van der Waals surface area contributed by atoms with Crippen LogP contribution in [0.2, 0.25) is 0 Å². The van der Waals surface area contributed by atoms with Crippen LogP contribution in [-0.2, 0) is 0 Å². The van der Waals surface area contributed by atoms with Gasteiger partial charge in [-0.1, -0.05) is 39.8 Å². The molecule has 0 atom stereocenters. The third-order valence-corrected chi connectivity index (χ3v) is 4.64. The first-order chi connectivity index (χ1) is 9.03. The molecule has 2 aromatic rings. The summed E-state index contributed by atoms with van der Waals surface area (Å²) >= 11 is 0. The van der Waals surface area contributed by atoms with Crippen molar-refractivity contribution in [2.24, 2.45) is 0 Å². The van der Waals surface area contributed by atoms with Crippen LogP contribution in [0.1, 0.15) is 20.8 Å². The van der Waals surface area contributed by atoms with Crippen LogP contribution in [0.15, 0.2) is 64.4 Å². The maximum atomic E-state index is 5.80. The van der Waals surface area contributed by atoms with Crippen LogP contribution in [0.4, 0.5) is 0 Å². The Labute approximate surface area is 123 Å². The van der Waals surface area contributed by atoms with Crippen molar-refractivity contribution >= 4 is 21.6 Å². The minimum absolute atomic E-state index is 0.145. The first kappa shape index (κ1) is 14.4. The van der Waals surface area contributed by atoms with Gasteiger partial charge in [0.15, 0.2) is 0 Å². The van der Waals surface area contributed by atoms with Gasteiger partial charge < -0.3 is 4.74 Å². The van der Waals surface area contributed by atoms with E-state index in [1.165, 1.54) is 9.79 Å². The fourth-order valence-corrected chi connectivity index (χ4v) is 3.44. The molecular weight excluding hydrogens is 272 g/mol. The van der Waals surface area contributed by atoms with E-state index < -0.39 is 0 Å². The molecule has 0 unspecified atom stereocenters. The SMILES string of the molecule is CC(C)(C)Oc1ccc(SSc2ccccc2)cc1. The van der Waals surface area contributed by atoms with Gasteiger partial charge in [0.1, 0.15) is 11.4 Å². The molecule has 0 aliphatic carbocycles. The van der Waals surface area contributed by atoms with Crippen molar-refractivity contribution in [3.05, 3.63) is 54.6 Å². The lowest BCUT2D eigenvalue weighted by atomic mass is 10.2. The second-order valence-corrected chi connectivity index (χ2v) is 7.44. The van der Waals surface area contributed by atoms with Crippen molar-refractivity contribution in [2.45, 2.75) is 36.2 Å². The Kier molecular flexibility index (Phi) is 4.83. The minimum Gasteiger partial charge on any atom is -0.488 e. The largest absolute Gasteiger partial charge is 0.488 e. The van der Waals surface area contributed by atoms with Gasteiger partial charge in [-0.3, -0.25) is 0 Å². The van der Waals surface area contributed by atoms with Gasteiger partial charge in [-0.15, -0.1) is 0 Å². The van der Waals surface area contributed by atoms with Gasteiger partial charge in [0.05, 0.1) is 0 Å². The van der Waals surface area contributed by atoms with Crippen LogP contribution >= 0.6 is 21.6 Å². The van der Waals surface area contributed by atoms with E-state index in [0.29, 0.717) is 0 Å². The molecule has 0 radical (unpaired) electrons. The van der Waals surface area contributed by atoms with Gasteiger partial charge >= 0.3 is 0 Å². The topological polar surface area (TPSA) is 9.23 Å². The number of ether oxygens (including phenoxy) is 1. The molecule has 0 amide bonds. The van der Waals surface area contributed by atoms with Gasteiger partial charge in [0.2, 0.25) is 0 Å². The van der Waals surface area contributed by atoms with Crippen molar-refractivity contribution in [3.8, 4) is 5.75 Å².